The minimum absolute atomic E-state index is 0.0564. The van der Waals surface area contributed by atoms with E-state index in [0.29, 0.717) is 34.3 Å². The van der Waals surface area contributed by atoms with E-state index < -0.39 is 23.3 Å². The summed E-state index contributed by atoms with van der Waals surface area (Å²) in [4.78, 5) is 69.6. The van der Waals surface area contributed by atoms with Crippen LogP contribution in [0.5, 0.6) is 0 Å². The van der Waals surface area contributed by atoms with Gasteiger partial charge in [-0.15, -0.1) is 0 Å². The normalized spacial score (nSPS) is 21.2. The number of rotatable bonds is 8. The quantitative estimate of drug-likeness (QED) is 0.0515. The van der Waals surface area contributed by atoms with Crippen LogP contribution < -0.4 is 4.90 Å². The van der Waals surface area contributed by atoms with Crippen LogP contribution in [-0.2, 0) is 20.7 Å². The standard InChI is InChI=1S/C35H26BrN3O7/c1-2-18-13-23(36)15-26-27(35(43)46-17-29(40)20-4-3-5-25(14-20)39(44)45)16-28(37-32(18)26)19-8-10-24(11-9-19)38-33(41)30-21-6-7-22(12-21)31(30)34(38)42/h3-11,13-16,21-22,30-31H,2,12,17H2,1H3. The second-order valence-electron chi connectivity index (χ2n) is 11.7. The molecule has 1 saturated heterocycles. The number of nitro benzene ring substituents is 1. The zero-order chi connectivity index (χ0) is 32.3. The average Bonchev–Trinajstić information content (AvgIpc) is 3.76. The van der Waals surface area contributed by atoms with Gasteiger partial charge in [-0.3, -0.25) is 29.4 Å². The van der Waals surface area contributed by atoms with Crippen molar-refractivity contribution in [2.24, 2.45) is 23.7 Å². The molecule has 2 amide bonds. The number of aromatic nitrogens is 1. The largest absolute Gasteiger partial charge is 0.454 e. The number of hydrogen-bond acceptors (Lipinski definition) is 8. The maximum absolute atomic E-state index is 13.5. The molecule has 0 N–H and O–H groups in total. The Labute approximate surface area is 271 Å². The molecule has 3 aromatic carbocycles. The first-order valence-electron chi connectivity index (χ1n) is 14.9. The molecule has 7 rings (SSSR count). The molecular formula is C35H26BrN3O7. The number of amides is 2. The molecule has 2 heterocycles. The molecule has 3 aliphatic rings. The van der Waals surface area contributed by atoms with Gasteiger partial charge in [0.15, 0.2) is 6.61 Å². The number of nitro groups is 1. The highest BCUT2D eigenvalue weighted by Gasteiger charge is 2.59. The molecule has 4 atom stereocenters. The number of hydrogen-bond donors (Lipinski definition) is 0. The first-order chi connectivity index (χ1) is 22.1. The van der Waals surface area contributed by atoms with Gasteiger partial charge in [-0.1, -0.05) is 59.3 Å². The zero-order valence-corrected chi connectivity index (χ0v) is 26.1. The second-order valence-corrected chi connectivity index (χ2v) is 12.7. The smallest absolute Gasteiger partial charge is 0.339 e. The summed E-state index contributed by atoms with van der Waals surface area (Å²) in [5, 5.41) is 11.7. The molecule has 46 heavy (non-hydrogen) atoms. The fraction of sp³-hybridized carbons (Fsp3) is 0.229. The van der Waals surface area contributed by atoms with E-state index in [-0.39, 0.29) is 52.3 Å². The number of nitrogens with zero attached hydrogens (tertiary/aromatic N) is 3. The lowest BCUT2D eigenvalue weighted by atomic mass is 9.85. The molecule has 4 aromatic rings. The van der Waals surface area contributed by atoms with Crippen LogP contribution in [0.1, 0.15) is 39.6 Å². The number of ketones is 1. The van der Waals surface area contributed by atoms with E-state index in [9.17, 15) is 29.3 Å². The minimum Gasteiger partial charge on any atom is -0.454 e. The van der Waals surface area contributed by atoms with Crippen molar-refractivity contribution in [1.82, 2.24) is 4.98 Å². The molecule has 230 valence electrons. The Morgan fingerprint density at radius 3 is 2.35 bits per heavy atom. The van der Waals surface area contributed by atoms with Gasteiger partial charge in [0.2, 0.25) is 17.6 Å². The molecule has 2 fully saturated rings. The van der Waals surface area contributed by atoms with E-state index in [0.717, 1.165) is 22.5 Å². The van der Waals surface area contributed by atoms with Crippen molar-refractivity contribution in [3.05, 3.63) is 110 Å². The predicted octanol–water partition coefficient (Wildman–Crippen LogP) is 6.49. The summed E-state index contributed by atoms with van der Waals surface area (Å²) < 4.78 is 6.18. The number of non-ortho nitro benzene ring substituents is 1. The Hall–Kier alpha value is -5.03. The number of imide groups is 1. The number of allylic oxidation sites excluding steroid dienone is 2. The van der Waals surface area contributed by atoms with Gasteiger partial charge in [0.25, 0.3) is 5.69 Å². The number of carbonyl (C=O) groups is 4. The van der Waals surface area contributed by atoms with Gasteiger partial charge in [0.05, 0.1) is 39.2 Å². The van der Waals surface area contributed by atoms with Crippen LogP contribution in [0.2, 0.25) is 0 Å². The van der Waals surface area contributed by atoms with Gasteiger partial charge < -0.3 is 4.74 Å². The summed E-state index contributed by atoms with van der Waals surface area (Å²) in [6.07, 6.45) is 5.61. The third kappa shape index (κ3) is 4.91. The summed E-state index contributed by atoms with van der Waals surface area (Å²) in [7, 11) is 0. The summed E-state index contributed by atoms with van der Waals surface area (Å²) in [5.74, 6) is -2.03. The molecule has 4 unspecified atom stereocenters. The van der Waals surface area contributed by atoms with Gasteiger partial charge in [0, 0.05) is 33.1 Å². The Morgan fingerprint density at radius 2 is 1.70 bits per heavy atom. The fourth-order valence-electron chi connectivity index (χ4n) is 6.97. The highest BCUT2D eigenvalue weighted by atomic mass is 79.9. The molecule has 0 radical (unpaired) electrons. The van der Waals surface area contributed by atoms with Crippen molar-refractivity contribution in [2.45, 2.75) is 19.8 Å². The molecular weight excluding hydrogens is 654 g/mol. The second kappa shape index (κ2) is 11.4. The Kier molecular flexibility index (Phi) is 7.35. The highest BCUT2D eigenvalue weighted by molar-refractivity contribution is 9.10. The molecule has 11 heteroatoms. The van der Waals surface area contributed by atoms with Crippen LogP contribution >= 0.6 is 15.9 Å². The molecule has 1 aromatic heterocycles. The number of esters is 1. The highest BCUT2D eigenvalue weighted by Crippen LogP contribution is 2.53. The van der Waals surface area contributed by atoms with Crippen molar-refractivity contribution < 1.29 is 28.8 Å². The Balaban J connectivity index is 1.19. The van der Waals surface area contributed by atoms with Gasteiger partial charge in [-0.2, -0.15) is 0 Å². The number of fused-ring (bicyclic) bond motifs is 6. The van der Waals surface area contributed by atoms with Gasteiger partial charge in [-0.05, 0) is 60.6 Å². The average molecular weight is 681 g/mol. The summed E-state index contributed by atoms with van der Waals surface area (Å²) in [6, 6.07) is 17.5. The molecule has 10 nitrogen and oxygen atoms in total. The maximum atomic E-state index is 13.5. The van der Waals surface area contributed by atoms with Crippen LogP contribution in [0.4, 0.5) is 11.4 Å². The summed E-state index contributed by atoms with van der Waals surface area (Å²) in [6.45, 7) is 1.36. The van der Waals surface area contributed by atoms with Crippen LogP contribution in [0, 0.1) is 33.8 Å². The number of Topliss-reactive ketones (excluding diaryl/α,β-unsaturated/α-hetero) is 1. The van der Waals surface area contributed by atoms with Crippen molar-refractivity contribution in [2.75, 3.05) is 11.5 Å². The van der Waals surface area contributed by atoms with Crippen molar-refractivity contribution >= 4 is 61.8 Å². The number of ether oxygens (including phenoxy) is 1. The Morgan fingerprint density at radius 1 is 1.00 bits per heavy atom. The topological polar surface area (TPSA) is 137 Å². The molecule has 2 bridgehead atoms. The first kappa shape index (κ1) is 29.7. The summed E-state index contributed by atoms with van der Waals surface area (Å²) in [5.41, 5.74) is 3.08. The number of carbonyl (C=O) groups excluding carboxylic acids is 4. The lowest BCUT2D eigenvalue weighted by molar-refractivity contribution is -0.384. The number of anilines is 1. The monoisotopic (exact) mass is 679 g/mol. The number of benzene rings is 3. The van der Waals surface area contributed by atoms with Crippen LogP contribution in [0.25, 0.3) is 22.2 Å². The van der Waals surface area contributed by atoms with Crippen molar-refractivity contribution in [1.29, 1.82) is 0 Å². The molecule has 1 saturated carbocycles. The van der Waals surface area contributed by atoms with E-state index in [1.165, 1.54) is 23.1 Å². The fourth-order valence-corrected chi connectivity index (χ4v) is 7.47. The zero-order valence-electron chi connectivity index (χ0n) is 24.5. The lowest BCUT2D eigenvalue weighted by Gasteiger charge is -2.18. The molecule has 1 aliphatic heterocycles. The van der Waals surface area contributed by atoms with E-state index in [4.69, 9.17) is 9.72 Å². The van der Waals surface area contributed by atoms with E-state index >= 15 is 0 Å². The van der Waals surface area contributed by atoms with Gasteiger partial charge in [0.1, 0.15) is 0 Å². The maximum Gasteiger partial charge on any atom is 0.339 e. The van der Waals surface area contributed by atoms with E-state index in [1.807, 2.05) is 13.0 Å². The number of aryl methyl sites for hydroxylation is 1. The van der Waals surface area contributed by atoms with Crippen molar-refractivity contribution in [3.63, 3.8) is 0 Å². The molecule has 2 aliphatic carbocycles. The van der Waals surface area contributed by atoms with E-state index in [2.05, 4.69) is 28.1 Å². The number of halogens is 1. The lowest BCUT2D eigenvalue weighted by Crippen LogP contribution is -2.32. The SMILES string of the molecule is CCc1cc(Br)cc2c(C(=O)OCC(=O)c3cccc([N+](=O)[O-])c3)cc(-c3ccc(N4C(=O)C5C6C=CC(C6)C5C4=O)cc3)nc12. The molecule has 0 spiro atoms. The Bertz CT molecular complexity index is 1990. The van der Waals surface area contributed by atoms with Gasteiger partial charge >= 0.3 is 5.97 Å². The van der Waals surface area contributed by atoms with Crippen LogP contribution in [0.15, 0.2) is 83.4 Å². The van der Waals surface area contributed by atoms with Crippen LogP contribution in [0.3, 0.4) is 0 Å². The third-order valence-electron chi connectivity index (χ3n) is 9.16. The number of pyridine rings is 1. The minimum atomic E-state index is -0.757. The van der Waals surface area contributed by atoms with Gasteiger partial charge in [-0.25, -0.2) is 9.78 Å². The predicted molar refractivity (Wildman–Crippen MR) is 172 cm³/mol. The van der Waals surface area contributed by atoms with Crippen molar-refractivity contribution in [3.8, 4) is 11.3 Å². The first-order valence-corrected chi connectivity index (χ1v) is 15.7. The third-order valence-corrected chi connectivity index (χ3v) is 9.62. The summed E-state index contributed by atoms with van der Waals surface area (Å²) >= 11 is 3.51. The van der Waals surface area contributed by atoms with Crippen LogP contribution in [-0.4, -0.2) is 40.1 Å². The van der Waals surface area contributed by atoms with E-state index in [1.54, 1.807) is 36.4 Å².